The first-order valence-electron chi connectivity index (χ1n) is 4.65. The quantitative estimate of drug-likeness (QED) is 0.683. The molecule has 0 bridgehead atoms. The normalized spacial score (nSPS) is 15.5. The van der Waals surface area contributed by atoms with Crippen molar-refractivity contribution in [3.63, 3.8) is 0 Å². The van der Waals surface area contributed by atoms with E-state index in [-0.39, 0.29) is 0 Å². The van der Waals surface area contributed by atoms with Gasteiger partial charge in [0.25, 0.3) is 0 Å². The van der Waals surface area contributed by atoms with Crippen molar-refractivity contribution in [3.05, 3.63) is 35.9 Å². The molecule has 0 spiro atoms. The second kappa shape index (κ2) is 3.25. The Bertz CT molecular complexity index is 324. The second-order valence-corrected chi connectivity index (χ2v) is 3.48. The predicted octanol–water partition coefficient (Wildman–Crippen LogP) is 3.22. The zero-order valence-electron chi connectivity index (χ0n) is 7.92. The summed E-state index contributed by atoms with van der Waals surface area (Å²) in [6, 6.07) is 6.32. The van der Waals surface area contributed by atoms with Crippen molar-refractivity contribution in [1.82, 2.24) is 0 Å². The molecule has 0 amide bonds. The highest BCUT2D eigenvalue weighted by atomic mass is 16.5. The van der Waals surface area contributed by atoms with Gasteiger partial charge in [-0.3, -0.25) is 0 Å². The molecule has 1 aliphatic rings. The largest absolute Gasteiger partial charge is 0.496 e. The van der Waals surface area contributed by atoms with Crippen molar-refractivity contribution in [2.45, 2.75) is 18.8 Å². The van der Waals surface area contributed by atoms with Crippen LogP contribution < -0.4 is 4.74 Å². The van der Waals surface area contributed by atoms with Gasteiger partial charge in [-0.25, -0.2) is 0 Å². The average molecular weight is 174 g/mol. The van der Waals surface area contributed by atoms with Crippen molar-refractivity contribution in [3.8, 4) is 5.75 Å². The third-order valence-electron chi connectivity index (χ3n) is 2.51. The highest BCUT2D eigenvalue weighted by Crippen LogP contribution is 2.44. The van der Waals surface area contributed by atoms with Crippen molar-refractivity contribution in [2.24, 2.45) is 0 Å². The highest BCUT2D eigenvalue weighted by molar-refractivity contribution is 5.53. The lowest BCUT2D eigenvalue weighted by molar-refractivity contribution is 0.409. The van der Waals surface area contributed by atoms with Gasteiger partial charge >= 0.3 is 0 Å². The minimum atomic E-state index is 0.744. The molecular formula is C12H14O. The Morgan fingerprint density at radius 2 is 2.23 bits per heavy atom. The summed E-state index contributed by atoms with van der Waals surface area (Å²) in [5.41, 5.74) is 2.48. The molecule has 2 rings (SSSR count). The Morgan fingerprint density at radius 3 is 2.77 bits per heavy atom. The lowest BCUT2D eigenvalue weighted by Crippen LogP contribution is -1.90. The maximum Gasteiger partial charge on any atom is 0.122 e. The Balaban J connectivity index is 2.38. The Kier molecular flexibility index (Phi) is 2.09. The number of benzene rings is 1. The molecule has 0 heterocycles. The van der Waals surface area contributed by atoms with E-state index in [2.05, 4.69) is 24.8 Å². The van der Waals surface area contributed by atoms with E-state index < -0.39 is 0 Å². The summed E-state index contributed by atoms with van der Waals surface area (Å²) in [6.07, 6.45) is 4.47. The summed E-state index contributed by atoms with van der Waals surface area (Å²) in [7, 11) is 1.73. The monoisotopic (exact) mass is 174 g/mol. The van der Waals surface area contributed by atoms with Crippen LogP contribution in [0, 0.1) is 0 Å². The first kappa shape index (κ1) is 8.36. The van der Waals surface area contributed by atoms with Gasteiger partial charge in [0, 0.05) is 0 Å². The maximum atomic E-state index is 5.34. The van der Waals surface area contributed by atoms with Crippen LogP contribution in [0.4, 0.5) is 0 Å². The fourth-order valence-electron chi connectivity index (χ4n) is 1.59. The second-order valence-electron chi connectivity index (χ2n) is 3.48. The van der Waals surface area contributed by atoms with Crippen molar-refractivity contribution < 1.29 is 4.74 Å². The van der Waals surface area contributed by atoms with Crippen LogP contribution in [0.2, 0.25) is 0 Å². The van der Waals surface area contributed by atoms with Crippen LogP contribution in [-0.2, 0) is 0 Å². The first-order chi connectivity index (χ1) is 6.35. The van der Waals surface area contributed by atoms with Gasteiger partial charge in [0.05, 0.1) is 7.11 Å². The summed E-state index contributed by atoms with van der Waals surface area (Å²) in [5.74, 6) is 1.76. The molecule has 68 valence electrons. The van der Waals surface area contributed by atoms with E-state index in [0.717, 1.165) is 17.2 Å². The highest BCUT2D eigenvalue weighted by Gasteiger charge is 2.26. The van der Waals surface area contributed by atoms with Crippen molar-refractivity contribution in [2.75, 3.05) is 7.11 Å². The molecule has 1 aliphatic carbocycles. The van der Waals surface area contributed by atoms with Crippen LogP contribution in [0.15, 0.2) is 24.8 Å². The minimum absolute atomic E-state index is 0.744. The third kappa shape index (κ3) is 1.59. The van der Waals surface area contributed by atoms with Crippen LogP contribution in [0.25, 0.3) is 6.08 Å². The summed E-state index contributed by atoms with van der Waals surface area (Å²) in [4.78, 5) is 0. The summed E-state index contributed by atoms with van der Waals surface area (Å²) >= 11 is 0. The van der Waals surface area contributed by atoms with Gasteiger partial charge in [-0.2, -0.15) is 0 Å². The predicted molar refractivity (Wildman–Crippen MR) is 55.1 cm³/mol. The van der Waals surface area contributed by atoms with Gasteiger partial charge in [0.1, 0.15) is 5.75 Å². The molecular weight excluding hydrogens is 160 g/mol. The van der Waals surface area contributed by atoms with E-state index in [1.54, 1.807) is 7.11 Å². The number of ether oxygens (including phenoxy) is 1. The fourth-order valence-corrected chi connectivity index (χ4v) is 1.59. The molecule has 0 atom stereocenters. The first-order valence-corrected chi connectivity index (χ1v) is 4.65. The molecule has 1 nitrogen and oxygen atoms in total. The zero-order valence-corrected chi connectivity index (χ0v) is 7.92. The van der Waals surface area contributed by atoms with E-state index >= 15 is 0 Å². The molecule has 1 aromatic carbocycles. The maximum absolute atomic E-state index is 5.34. The van der Waals surface area contributed by atoms with E-state index in [0.29, 0.717) is 0 Å². The molecule has 1 saturated carbocycles. The van der Waals surface area contributed by atoms with Crippen LogP contribution >= 0.6 is 0 Å². The molecule has 1 aromatic rings. The third-order valence-corrected chi connectivity index (χ3v) is 2.51. The van der Waals surface area contributed by atoms with Gasteiger partial charge in [-0.1, -0.05) is 24.8 Å². The van der Waals surface area contributed by atoms with Gasteiger partial charge in [0.15, 0.2) is 0 Å². The van der Waals surface area contributed by atoms with Crippen LogP contribution in [0.3, 0.4) is 0 Å². The number of methoxy groups -OCH3 is 1. The summed E-state index contributed by atoms with van der Waals surface area (Å²) in [6.45, 7) is 3.74. The van der Waals surface area contributed by atoms with E-state index in [9.17, 15) is 0 Å². The Labute approximate surface area is 79.0 Å². The lowest BCUT2D eigenvalue weighted by Gasteiger charge is -2.07. The van der Waals surface area contributed by atoms with Crippen LogP contribution in [-0.4, -0.2) is 7.11 Å². The van der Waals surface area contributed by atoms with Crippen molar-refractivity contribution >= 4 is 6.08 Å². The Hall–Kier alpha value is -1.24. The number of hydrogen-bond acceptors (Lipinski definition) is 1. The summed E-state index contributed by atoms with van der Waals surface area (Å²) in [5, 5.41) is 0. The smallest absolute Gasteiger partial charge is 0.122 e. The molecule has 0 unspecified atom stereocenters. The number of rotatable bonds is 3. The van der Waals surface area contributed by atoms with Gasteiger partial charge in [0.2, 0.25) is 0 Å². The summed E-state index contributed by atoms with van der Waals surface area (Å²) < 4.78 is 5.34. The SMILES string of the molecule is C=Cc1ccc(C2CC2)c(OC)c1. The molecule has 1 fully saturated rings. The molecule has 0 saturated heterocycles. The van der Waals surface area contributed by atoms with Gasteiger partial charge in [-0.05, 0) is 36.0 Å². The average Bonchev–Trinajstić information content (AvgIpc) is 3.00. The van der Waals surface area contributed by atoms with Crippen LogP contribution in [0.5, 0.6) is 5.75 Å². The molecule has 1 heteroatoms. The van der Waals surface area contributed by atoms with Crippen molar-refractivity contribution in [1.29, 1.82) is 0 Å². The van der Waals surface area contributed by atoms with E-state index in [1.165, 1.54) is 18.4 Å². The van der Waals surface area contributed by atoms with Gasteiger partial charge in [-0.15, -0.1) is 0 Å². The van der Waals surface area contributed by atoms with Gasteiger partial charge < -0.3 is 4.74 Å². The van der Waals surface area contributed by atoms with E-state index in [1.807, 2.05) is 6.08 Å². The Morgan fingerprint density at radius 1 is 1.46 bits per heavy atom. The van der Waals surface area contributed by atoms with Crippen LogP contribution in [0.1, 0.15) is 29.9 Å². The number of hydrogen-bond donors (Lipinski definition) is 0. The molecule has 0 radical (unpaired) electrons. The molecule has 0 aliphatic heterocycles. The molecule has 0 N–H and O–H groups in total. The van der Waals surface area contributed by atoms with E-state index in [4.69, 9.17) is 4.74 Å². The standard InChI is InChI=1S/C12H14O/c1-3-9-4-7-11(10-5-6-10)12(8-9)13-2/h3-4,7-8,10H,1,5-6H2,2H3. The zero-order chi connectivity index (χ0) is 9.26. The fraction of sp³-hybridized carbons (Fsp3) is 0.333. The minimum Gasteiger partial charge on any atom is -0.496 e. The molecule has 0 aromatic heterocycles. The lowest BCUT2D eigenvalue weighted by atomic mass is 10.1. The topological polar surface area (TPSA) is 9.23 Å². The molecule has 13 heavy (non-hydrogen) atoms.